The first-order valence-corrected chi connectivity index (χ1v) is 5.94. The molecular formula is C15H14N2O3. The molecule has 5 heteroatoms. The third-order valence-electron chi connectivity index (χ3n) is 2.83. The van der Waals surface area contributed by atoms with Crippen molar-refractivity contribution in [1.29, 1.82) is 10.5 Å². The molecule has 0 bridgehead atoms. The van der Waals surface area contributed by atoms with E-state index >= 15 is 0 Å². The van der Waals surface area contributed by atoms with Crippen LogP contribution in [0.1, 0.15) is 18.1 Å². The molecule has 0 fully saturated rings. The highest BCUT2D eigenvalue weighted by atomic mass is 16.5. The van der Waals surface area contributed by atoms with Crippen molar-refractivity contribution in [3.63, 3.8) is 0 Å². The van der Waals surface area contributed by atoms with Crippen LogP contribution >= 0.6 is 0 Å². The fourth-order valence-corrected chi connectivity index (χ4v) is 1.72. The zero-order chi connectivity index (χ0) is 15.1. The molecule has 0 aliphatic rings. The second kappa shape index (κ2) is 6.96. The van der Waals surface area contributed by atoms with Gasteiger partial charge in [-0.25, -0.2) is 0 Å². The summed E-state index contributed by atoms with van der Waals surface area (Å²) in [5.74, 6) is -1.09. The highest BCUT2D eigenvalue weighted by Crippen LogP contribution is 2.20. The van der Waals surface area contributed by atoms with Gasteiger partial charge in [-0.05, 0) is 12.0 Å². The second-order valence-electron chi connectivity index (χ2n) is 4.27. The minimum atomic E-state index is -0.845. The SMILES string of the molecule is COC(=C(C#N)C#N)c1ccc(CC(C)C(=O)O)cc1. The first-order valence-electron chi connectivity index (χ1n) is 5.94. The monoisotopic (exact) mass is 270 g/mol. The maximum absolute atomic E-state index is 10.8. The quantitative estimate of drug-likeness (QED) is 0.654. The summed E-state index contributed by atoms with van der Waals surface area (Å²) in [5, 5.41) is 26.6. The lowest BCUT2D eigenvalue weighted by Crippen LogP contribution is -2.12. The highest BCUT2D eigenvalue weighted by Gasteiger charge is 2.13. The smallest absolute Gasteiger partial charge is 0.306 e. The first kappa shape index (κ1) is 15.3. The van der Waals surface area contributed by atoms with Crippen LogP contribution in [0.2, 0.25) is 0 Å². The van der Waals surface area contributed by atoms with Crippen molar-refractivity contribution >= 4 is 11.7 Å². The van der Waals surface area contributed by atoms with Crippen LogP contribution in [-0.4, -0.2) is 18.2 Å². The van der Waals surface area contributed by atoms with E-state index in [2.05, 4.69) is 0 Å². The van der Waals surface area contributed by atoms with Crippen molar-refractivity contribution < 1.29 is 14.6 Å². The van der Waals surface area contributed by atoms with Crippen molar-refractivity contribution in [2.24, 2.45) is 5.92 Å². The van der Waals surface area contributed by atoms with Crippen LogP contribution in [0, 0.1) is 28.6 Å². The Morgan fingerprint density at radius 2 is 1.85 bits per heavy atom. The first-order chi connectivity index (χ1) is 9.53. The molecule has 0 heterocycles. The number of nitriles is 2. The van der Waals surface area contributed by atoms with Crippen molar-refractivity contribution in [2.75, 3.05) is 7.11 Å². The van der Waals surface area contributed by atoms with Gasteiger partial charge >= 0.3 is 5.97 Å². The van der Waals surface area contributed by atoms with Gasteiger partial charge in [-0.15, -0.1) is 0 Å². The van der Waals surface area contributed by atoms with Crippen LogP contribution in [0.4, 0.5) is 0 Å². The molecular weight excluding hydrogens is 256 g/mol. The zero-order valence-electron chi connectivity index (χ0n) is 11.3. The molecule has 1 aromatic carbocycles. The maximum atomic E-state index is 10.8. The third kappa shape index (κ3) is 3.60. The van der Waals surface area contributed by atoms with E-state index in [1.807, 2.05) is 0 Å². The van der Waals surface area contributed by atoms with Gasteiger partial charge in [0.15, 0.2) is 11.3 Å². The van der Waals surface area contributed by atoms with Crippen molar-refractivity contribution in [2.45, 2.75) is 13.3 Å². The lowest BCUT2D eigenvalue weighted by atomic mass is 9.99. The number of aliphatic carboxylic acids is 1. The number of allylic oxidation sites excluding steroid dienone is 1. The Bertz CT molecular complexity index is 587. The fourth-order valence-electron chi connectivity index (χ4n) is 1.72. The summed E-state index contributed by atoms with van der Waals surface area (Å²) in [6.45, 7) is 1.64. The minimum absolute atomic E-state index is 0.0980. The zero-order valence-corrected chi connectivity index (χ0v) is 11.3. The van der Waals surface area contributed by atoms with E-state index in [9.17, 15) is 4.79 Å². The summed E-state index contributed by atoms with van der Waals surface area (Å²) in [6, 6.07) is 10.5. The number of hydrogen-bond acceptors (Lipinski definition) is 4. The van der Waals surface area contributed by atoms with Crippen molar-refractivity contribution in [3.05, 3.63) is 41.0 Å². The number of rotatable bonds is 5. The predicted octanol–water partition coefficient (Wildman–Crippen LogP) is 2.35. The van der Waals surface area contributed by atoms with Crippen LogP contribution < -0.4 is 0 Å². The van der Waals surface area contributed by atoms with E-state index < -0.39 is 11.9 Å². The molecule has 0 aromatic heterocycles. The van der Waals surface area contributed by atoms with E-state index in [1.165, 1.54) is 7.11 Å². The Balaban J connectivity index is 3.03. The molecule has 0 saturated heterocycles. The van der Waals surface area contributed by atoms with E-state index in [0.717, 1.165) is 5.56 Å². The molecule has 102 valence electrons. The number of carboxylic acid groups (broad SMARTS) is 1. The van der Waals surface area contributed by atoms with Crippen LogP contribution in [0.15, 0.2) is 29.8 Å². The van der Waals surface area contributed by atoms with Gasteiger partial charge in [0.1, 0.15) is 12.1 Å². The molecule has 0 radical (unpaired) electrons. The van der Waals surface area contributed by atoms with Crippen LogP contribution in [0.25, 0.3) is 5.76 Å². The number of carbonyl (C=O) groups is 1. The van der Waals surface area contributed by atoms with E-state index in [-0.39, 0.29) is 11.3 Å². The van der Waals surface area contributed by atoms with E-state index in [1.54, 1.807) is 43.3 Å². The Kier molecular flexibility index (Phi) is 5.31. The second-order valence-corrected chi connectivity index (χ2v) is 4.27. The van der Waals surface area contributed by atoms with Gasteiger partial charge in [0.2, 0.25) is 0 Å². The number of methoxy groups -OCH3 is 1. The summed E-state index contributed by atoms with van der Waals surface area (Å²) in [5.41, 5.74) is 1.38. The van der Waals surface area contributed by atoms with Gasteiger partial charge in [-0.1, -0.05) is 31.2 Å². The molecule has 1 unspecified atom stereocenters. The van der Waals surface area contributed by atoms with Gasteiger partial charge in [0.25, 0.3) is 0 Å². The average Bonchev–Trinajstić information content (AvgIpc) is 2.45. The fraction of sp³-hybridized carbons (Fsp3) is 0.267. The topological polar surface area (TPSA) is 94.1 Å². The molecule has 1 N–H and O–H groups in total. The Labute approximate surface area is 117 Å². The average molecular weight is 270 g/mol. The van der Waals surface area contributed by atoms with E-state index in [0.29, 0.717) is 12.0 Å². The largest absolute Gasteiger partial charge is 0.494 e. The minimum Gasteiger partial charge on any atom is -0.494 e. The maximum Gasteiger partial charge on any atom is 0.306 e. The number of ether oxygens (including phenoxy) is 1. The van der Waals surface area contributed by atoms with E-state index in [4.69, 9.17) is 20.4 Å². The molecule has 1 atom stereocenters. The Hall–Kier alpha value is -2.79. The molecule has 0 aliphatic heterocycles. The van der Waals surface area contributed by atoms with Gasteiger partial charge in [-0.3, -0.25) is 4.79 Å². The van der Waals surface area contributed by atoms with Gasteiger partial charge in [-0.2, -0.15) is 10.5 Å². The molecule has 0 saturated carbocycles. The number of benzene rings is 1. The number of nitrogens with zero attached hydrogens (tertiary/aromatic N) is 2. The molecule has 0 amide bonds. The molecule has 0 spiro atoms. The summed E-state index contributed by atoms with van der Waals surface area (Å²) in [4.78, 5) is 10.8. The Morgan fingerprint density at radius 1 is 1.30 bits per heavy atom. The van der Waals surface area contributed by atoms with Crippen LogP contribution in [-0.2, 0) is 16.0 Å². The summed E-state index contributed by atoms with van der Waals surface area (Å²) >= 11 is 0. The molecule has 20 heavy (non-hydrogen) atoms. The summed E-state index contributed by atoms with van der Waals surface area (Å²) < 4.78 is 5.08. The molecule has 5 nitrogen and oxygen atoms in total. The number of hydrogen-bond donors (Lipinski definition) is 1. The predicted molar refractivity (Wildman–Crippen MR) is 72.1 cm³/mol. The lowest BCUT2D eigenvalue weighted by molar-refractivity contribution is -0.141. The van der Waals surface area contributed by atoms with Crippen LogP contribution in [0.5, 0.6) is 0 Å². The highest BCUT2D eigenvalue weighted by molar-refractivity contribution is 5.71. The Morgan fingerprint density at radius 3 is 2.25 bits per heavy atom. The van der Waals surface area contributed by atoms with Crippen molar-refractivity contribution in [3.8, 4) is 12.1 Å². The van der Waals surface area contributed by atoms with Crippen molar-refractivity contribution in [1.82, 2.24) is 0 Å². The lowest BCUT2D eigenvalue weighted by Gasteiger charge is -2.09. The van der Waals surface area contributed by atoms with Crippen LogP contribution in [0.3, 0.4) is 0 Å². The standard InChI is InChI=1S/C15H14N2O3/c1-10(15(18)19)7-11-3-5-12(6-4-11)14(20-2)13(8-16)9-17/h3-6,10H,7H2,1-2H3,(H,18,19). The molecule has 1 aromatic rings. The third-order valence-corrected chi connectivity index (χ3v) is 2.83. The summed E-state index contributed by atoms with van der Waals surface area (Å²) in [7, 11) is 1.39. The van der Waals surface area contributed by atoms with Gasteiger partial charge in [0.05, 0.1) is 13.0 Å². The molecule has 1 rings (SSSR count). The summed E-state index contributed by atoms with van der Waals surface area (Å²) in [6.07, 6.45) is 0.422. The van der Waals surface area contributed by atoms with Gasteiger partial charge in [0, 0.05) is 5.56 Å². The molecule has 0 aliphatic carbocycles. The van der Waals surface area contributed by atoms with Gasteiger partial charge < -0.3 is 9.84 Å². The normalized spacial score (nSPS) is 10.8. The number of carboxylic acids is 1.